The van der Waals surface area contributed by atoms with Gasteiger partial charge in [0.25, 0.3) is 0 Å². The first kappa shape index (κ1) is 22.0. The number of hydrogen-bond acceptors (Lipinski definition) is 5. The zero-order chi connectivity index (χ0) is 21.7. The van der Waals surface area contributed by atoms with Crippen molar-refractivity contribution in [2.24, 2.45) is 11.3 Å². The molecule has 3 aliphatic rings. The number of piperidine rings is 1. The molecule has 170 valence electrons. The Bertz CT molecular complexity index is 753. The second kappa shape index (κ2) is 9.96. The first-order valence-corrected chi connectivity index (χ1v) is 11.6. The highest BCUT2D eigenvalue weighted by atomic mass is 16.5. The third-order valence-corrected chi connectivity index (χ3v) is 7.13. The van der Waals surface area contributed by atoms with Crippen molar-refractivity contribution in [1.29, 1.82) is 0 Å². The van der Waals surface area contributed by atoms with Crippen LogP contribution in [0.4, 0.5) is 4.79 Å². The van der Waals surface area contributed by atoms with Crippen LogP contribution in [-0.4, -0.2) is 72.7 Å². The largest absolute Gasteiger partial charge is 0.380 e. The second-order valence-electron chi connectivity index (χ2n) is 9.03. The fourth-order valence-electron chi connectivity index (χ4n) is 4.99. The molecule has 1 spiro atoms. The molecule has 1 unspecified atom stereocenters. The summed E-state index contributed by atoms with van der Waals surface area (Å²) in [6.45, 7) is 8.63. The van der Waals surface area contributed by atoms with E-state index in [1.807, 2.05) is 29.0 Å². The summed E-state index contributed by atoms with van der Waals surface area (Å²) in [7, 11) is 0. The SMILES string of the molecule is CCOCCNCCC(=O)N1CCC2(CC1)CC2CNC(=O)N1Cc2ccncc2C1. The molecule has 2 aliphatic heterocycles. The molecule has 1 saturated heterocycles. The number of amides is 3. The predicted molar refractivity (Wildman–Crippen MR) is 117 cm³/mol. The van der Waals surface area contributed by atoms with E-state index in [1.54, 1.807) is 6.20 Å². The van der Waals surface area contributed by atoms with Crippen molar-refractivity contribution in [3.05, 3.63) is 29.6 Å². The Balaban J connectivity index is 1.11. The number of ether oxygens (including phenoxy) is 1. The molecule has 8 heteroatoms. The van der Waals surface area contributed by atoms with Crippen LogP contribution in [0, 0.1) is 11.3 Å². The van der Waals surface area contributed by atoms with Gasteiger partial charge in [-0.25, -0.2) is 4.79 Å². The van der Waals surface area contributed by atoms with Crippen LogP contribution in [0.15, 0.2) is 18.5 Å². The number of aromatic nitrogens is 1. The standard InChI is InChI=1S/C23H35N5O3/c1-2-31-12-9-24-8-4-21(29)27-10-5-23(6-11-27)13-20(23)15-26-22(30)28-16-18-3-7-25-14-19(18)17-28/h3,7,14,20,24H,2,4-6,8-13,15-17H2,1H3,(H,26,30). The third kappa shape index (κ3) is 5.36. The van der Waals surface area contributed by atoms with Crippen molar-refractivity contribution in [3.63, 3.8) is 0 Å². The van der Waals surface area contributed by atoms with Gasteiger partial charge in [0.15, 0.2) is 0 Å². The van der Waals surface area contributed by atoms with E-state index in [9.17, 15) is 9.59 Å². The predicted octanol–water partition coefficient (Wildman–Crippen LogP) is 1.75. The van der Waals surface area contributed by atoms with Gasteiger partial charge in [0.1, 0.15) is 0 Å². The lowest BCUT2D eigenvalue weighted by atomic mass is 9.90. The molecule has 3 amide bonds. The molecule has 2 N–H and O–H groups in total. The van der Waals surface area contributed by atoms with Crippen molar-refractivity contribution in [1.82, 2.24) is 25.4 Å². The minimum atomic E-state index is 0.0164. The fraction of sp³-hybridized carbons (Fsp3) is 0.696. The first-order valence-electron chi connectivity index (χ1n) is 11.6. The molecular weight excluding hydrogens is 394 g/mol. The molecule has 31 heavy (non-hydrogen) atoms. The first-order chi connectivity index (χ1) is 15.1. The number of likely N-dealkylation sites (tertiary alicyclic amines) is 1. The summed E-state index contributed by atoms with van der Waals surface area (Å²) in [5, 5.41) is 6.41. The van der Waals surface area contributed by atoms with Gasteiger partial charge in [-0.3, -0.25) is 9.78 Å². The van der Waals surface area contributed by atoms with E-state index in [-0.39, 0.29) is 11.9 Å². The summed E-state index contributed by atoms with van der Waals surface area (Å²) < 4.78 is 5.29. The molecule has 2 fully saturated rings. The number of fused-ring (bicyclic) bond motifs is 1. The molecule has 1 aromatic heterocycles. The van der Waals surface area contributed by atoms with Crippen LogP contribution in [0.3, 0.4) is 0 Å². The maximum atomic E-state index is 12.6. The van der Waals surface area contributed by atoms with Crippen molar-refractivity contribution in [2.75, 3.05) is 45.9 Å². The molecular formula is C23H35N5O3. The molecule has 0 aromatic carbocycles. The summed E-state index contributed by atoms with van der Waals surface area (Å²) >= 11 is 0. The summed E-state index contributed by atoms with van der Waals surface area (Å²) in [6, 6.07) is 2.01. The van der Waals surface area contributed by atoms with E-state index in [4.69, 9.17) is 4.74 Å². The van der Waals surface area contributed by atoms with E-state index < -0.39 is 0 Å². The van der Waals surface area contributed by atoms with Gasteiger partial charge in [-0.1, -0.05) is 0 Å². The number of pyridine rings is 1. The maximum Gasteiger partial charge on any atom is 0.318 e. The lowest BCUT2D eigenvalue weighted by molar-refractivity contribution is -0.132. The lowest BCUT2D eigenvalue weighted by Crippen LogP contribution is -2.42. The number of carbonyl (C=O) groups excluding carboxylic acids is 2. The van der Waals surface area contributed by atoms with Gasteiger partial charge >= 0.3 is 6.03 Å². The van der Waals surface area contributed by atoms with Gasteiger partial charge in [0, 0.05) is 71.2 Å². The van der Waals surface area contributed by atoms with Crippen LogP contribution in [0.2, 0.25) is 0 Å². The van der Waals surface area contributed by atoms with E-state index in [0.717, 1.165) is 51.2 Å². The van der Waals surface area contributed by atoms with Crippen LogP contribution in [-0.2, 0) is 22.6 Å². The summed E-state index contributed by atoms with van der Waals surface area (Å²) in [4.78, 5) is 33.0. The van der Waals surface area contributed by atoms with Crippen molar-refractivity contribution in [2.45, 2.75) is 45.7 Å². The molecule has 8 nitrogen and oxygen atoms in total. The van der Waals surface area contributed by atoms with Crippen LogP contribution >= 0.6 is 0 Å². The van der Waals surface area contributed by atoms with Gasteiger partial charge in [-0.05, 0) is 54.7 Å². The molecule has 1 aromatic rings. The monoisotopic (exact) mass is 429 g/mol. The number of carbonyl (C=O) groups is 2. The maximum absolute atomic E-state index is 12.6. The molecule has 3 heterocycles. The van der Waals surface area contributed by atoms with E-state index in [2.05, 4.69) is 15.6 Å². The highest BCUT2D eigenvalue weighted by Crippen LogP contribution is 2.59. The van der Waals surface area contributed by atoms with E-state index >= 15 is 0 Å². The van der Waals surface area contributed by atoms with E-state index in [1.165, 1.54) is 12.0 Å². The molecule has 1 aliphatic carbocycles. The smallest absolute Gasteiger partial charge is 0.318 e. The van der Waals surface area contributed by atoms with Gasteiger partial charge in [-0.15, -0.1) is 0 Å². The van der Waals surface area contributed by atoms with Gasteiger partial charge < -0.3 is 25.2 Å². The van der Waals surface area contributed by atoms with Crippen LogP contribution in [0.5, 0.6) is 0 Å². The van der Waals surface area contributed by atoms with Gasteiger partial charge in [-0.2, -0.15) is 0 Å². The normalized spacial score (nSPS) is 21.3. The highest BCUT2D eigenvalue weighted by Gasteiger charge is 2.54. The minimum Gasteiger partial charge on any atom is -0.380 e. The molecule has 1 saturated carbocycles. The van der Waals surface area contributed by atoms with Crippen molar-refractivity contribution < 1.29 is 14.3 Å². The Morgan fingerprint density at radius 1 is 1.19 bits per heavy atom. The van der Waals surface area contributed by atoms with Crippen LogP contribution in [0.1, 0.15) is 43.7 Å². The Hall–Kier alpha value is -2.19. The quantitative estimate of drug-likeness (QED) is 0.584. The Morgan fingerprint density at radius 2 is 2.00 bits per heavy atom. The molecule has 1 atom stereocenters. The van der Waals surface area contributed by atoms with E-state index in [0.29, 0.717) is 44.0 Å². The number of hydrogen-bond donors (Lipinski definition) is 2. The van der Waals surface area contributed by atoms with Crippen LogP contribution < -0.4 is 10.6 Å². The van der Waals surface area contributed by atoms with Gasteiger partial charge in [0.05, 0.1) is 6.61 Å². The Labute approximate surface area is 184 Å². The average Bonchev–Trinajstić information content (AvgIpc) is 3.26. The molecule has 0 bridgehead atoms. The number of urea groups is 1. The lowest BCUT2D eigenvalue weighted by Gasteiger charge is -2.33. The van der Waals surface area contributed by atoms with Crippen molar-refractivity contribution >= 4 is 11.9 Å². The Kier molecular flexibility index (Phi) is 7.07. The summed E-state index contributed by atoms with van der Waals surface area (Å²) in [5.74, 6) is 0.785. The van der Waals surface area contributed by atoms with Crippen LogP contribution in [0.25, 0.3) is 0 Å². The fourth-order valence-corrected chi connectivity index (χ4v) is 4.99. The molecule has 0 radical (unpaired) electrons. The number of rotatable bonds is 9. The molecule has 4 rings (SSSR count). The third-order valence-electron chi connectivity index (χ3n) is 7.13. The minimum absolute atomic E-state index is 0.0164. The number of nitrogens with one attached hydrogen (secondary N) is 2. The average molecular weight is 430 g/mol. The zero-order valence-electron chi connectivity index (χ0n) is 18.6. The second-order valence-corrected chi connectivity index (χ2v) is 9.03. The summed E-state index contributed by atoms with van der Waals surface area (Å²) in [5.41, 5.74) is 2.66. The zero-order valence-corrected chi connectivity index (χ0v) is 18.6. The Morgan fingerprint density at radius 3 is 2.77 bits per heavy atom. The van der Waals surface area contributed by atoms with Gasteiger partial charge in [0.2, 0.25) is 5.91 Å². The van der Waals surface area contributed by atoms with Crippen molar-refractivity contribution in [3.8, 4) is 0 Å². The highest BCUT2D eigenvalue weighted by molar-refractivity contribution is 5.76. The summed E-state index contributed by atoms with van der Waals surface area (Å²) in [6.07, 6.45) is 7.45. The topological polar surface area (TPSA) is 86.8 Å². The number of nitrogens with zero attached hydrogens (tertiary/aromatic N) is 3.